The first-order valence-electron chi connectivity index (χ1n) is 10.6. The van der Waals surface area contributed by atoms with Crippen LogP contribution in [0.15, 0.2) is 46.9 Å². The highest BCUT2D eigenvalue weighted by Gasteiger charge is 2.20. The molecule has 6 heteroatoms. The minimum absolute atomic E-state index is 0.0202. The lowest BCUT2D eigenvalue weighted by Crippen LogP contribution is -2.24. The highest BCUT2D eigenvalue weighted by Crippen LogP contribution is 2.36. The van der Waals surface area contributed by atoms with Crippen molar-refractivity contribution >= 4 is 43.2 Å². The maximum absolute atomic E-state index is 13.7. The Balaban J connectivity index is 2.01. The predicted octanol–water partition coefficient (Wildman–Crippen LogP) is 5.55. The summed E-state index contributed by atoms with van der Waals surface area (Å²) in [6, 6.07) is 1.99. The van der Waals surface area contributed by atoms with Crippen LogP contribution in [0.2, 0.25) is 0 Å². The van der Waals surface area contributed by atoms with Gasteiger partial charge in [-0.15, -0.1) is 11.3 Å². The van der Waals surface area contributed by atoms with E-state index >= 15 is 0 Å². The topological polar surface area (TPSA) is 51.0 Å². The number of pyridine rings is 1. The van der Waals surface area contributed by atoms with Gasteiger partial charge in [0.2, 0.25) is 0 Å². The highest BCUT2D eigenvalue weighted by atomic mass is 32.1. The first-order chi connectivity index (χ1) is 14.5. The van der Waals surface area contributed by atoms with Crippen molar-refractivity contribution in [2.75, 3.05) is 19.0 Å². The van der Waals surface area contributed by atoms with E-state index in [1.807, 2.05) is 24.7 Å². The molecule has 0 aliphatic heterocycles. The molecule has 0 amide bonds. The number of fused-ring (bicyclic) bond motifs is 3. The van der Waals surface area contributed by atoms with E-state index < -0.39 is 0 Å². The van der Waals surface area contributed by atoms with E-state index in [1.165, 1.54) is 16.9 Å². The standard InChI is InChI=1S/C24H28N4OS/c1-5-6-7-11-19-26-21-20-18(27(3)4)14-15-25-23(20)30-22(21)24(29)28(19)17-10-8-9-16(2)12-13-17/h8-9,12-15H,5-7,10-11H2,1-4H3. The molecule has 1 aliphatic carbocycles. The van der Waals surface area contributed by atoms with Crippen molar-refractivity contribution in [1.29, 1.82) is 0 Å². The second kappa shape index (κ2) is 8.56. The molecule has 3 aromatic rings. The fourth-order valence-electron chi connectivity index (χ4n) is 3.89. The van der Waals surface area contributed by atoms with Crippen molar-refractivity contribution < 1.29 is 0 Å². The van der Waals surface area contributed by atoms with Gasteiger partial charge >= 0.3 is 0 Å². The predicted molar refractivity (Wildman–Crippen MR) is 129 cm³/mol. The van der Waals surface area contributed by atoms with Gasteiger partial charge in [0.05, 0.1) is 11.1 Å². The van der Waals surface area contributed by atoms with Gasteiger partial charge in [-0.2, -0.15) is 0 Å². The molecule has 0 fully saturated rings. The Morgan fingerprint density at radius 1 is 1.23 bits per heavy atom. The van der Waals surface area contributed by atoms with Crippen LogP contribution in [0.4, 0.5) is 5.69 Å². The van der Waals surface area contributed by atoms with E-state index in [0.29, 0.717) is 11.1 Å². The Bertz CT molecular complexity index is 1240. The maximum Gasteiger partial charge on any atom is 0.275 e. The zero-order chi connectivity index (χ0) is 21.3. The molecule has 30 heavy (non-hydrogen) atoms. The highest BCUT2D eigenvalue weighted by molar-refractivity contribution is 7.25. The summed E-state index contributed by atoms with van der Waals surface area (Å²) in [5.41, 5.74) is 4.02. The lowest BCUT2D eigenvalue weighted by molar-refractivity contribution is 0.677. The number of aromatic nitrogens is 3. The molecule has 5 nitrogen and oxygen atoms in total. The van der Waals surface area contributed by atoms with Gasteiger partial charge in [0, 0.05) is 38.8 Å². The van der Waals surface area contributed by atoms with Crippen LogP contribution in [-0.2, 0) is 6.42 Å². The van der Waals surface area contributed by atoms with E-state index in [-0.39, 0.29) is 5.56 Å². The van der Waals surface area contributed by atoms with Gasteiger partial charge in [0.1, 0.15) is 20.9 Å². The van der Waals surface area contributed by atoms with Crippen molar-refractivity contribution in [1.82, 2.24) is 14.5 Å². The molecule has 0 aromatic carbocycles. The largest absolute Gasteiger partial charge is 0.377 e. The van der Waals surface area contributed by atoms with Crippen LogP contribution in [0.1, 0.15) is 45.4 Å². The zero-order valence-electron chi connectivity index (χ0n) is 18.1. The summed E-state index contributed by atoms with van der Waals surface area (Å²) in [7, 11) is 4.03. The van der Waals surface area contributed by atoms with Gasteiger partial charge in [0.15, 0.2) is 0 Å². The number of hydrogen-bond acceptors (Lipinski definition) is 5. The van der Waals surface area contributed by atoms with Gasteiger partial charge in [-0.3, -0.25) is 9.36 Å². The number of thiophene rings is 1. The number of hydrogen-bond donors (Lipinski definition) is 0. The fraction of sp³-hybridized carbons (Fsp3) is 0.375. The Morgan fingerprint density at radius 2 is 2.07 bits per heavy atom. The fourth-order valence-corrected chi connectivity index (χ4v) is 4.93. The third-order valence-electron chi connectivity index (χ3n) is 5.46. The molecule has 0 saturated carbocycles. The van der Waals surface area contributed by atoms with Crippen molar-refractivity contribution in [2.45, 2.75) is 46.0 Å². The quantitative estimate of drug-likeness (QED) is 0.491. The van der Waals surface area contributed by atoms with E-state index in [1.54, 1.807) is 6.20 Å². The summed E-state index contributed by atoms with van der Waals surface area (Å²) >= 11 is 1.45. The lowest BCUT2D eigenvalue weighted by atomic mass is 10.1. The van der Waals surface area contributed by atoms with E-state index in [4.69, 9.17) is 4.98 Å². The first kappa shape index (κ1) is 20.5. The Kier molecular flexibility index (Phi) is 5.86. The minimum Gasteiger partial charge on any atom is -0.377 e. The van der Waals surface area contributed by atoms with Crippen molar-refractivity contribution in [2.24, 2.45) is 0 Å². The smallest absolute Gasteiger partial charge is 0.275 e. The molecule has 0 spiro atoms. The molecule has 156 valence electrons. The first-order valence-corrected chi connectivity index (χ1v) is 11.4. The normalized spacial score (nSPS) is 14.1. The summed E-state index contributed by atoms with van der Waals surface area (Å²) in [6.45, 7) is 4.26. The zero-order valence-corrected chi connectivity index (χ0v) is 18.9. The molecule has 3 heterocycles. The third kappa shape index (κ3) is 3.72. The molecule has 0 radical (unpaired) electrons. The number of aryl methyl sites for hydroxylation is 1. The second-order valence-corrected chi connectivity index (χ2v) is 8.98. The van der Waals surface area contributed by atoms with Gasteiger partial charge in [-0.1, -0.05) is 43.6 Å². The second-order valence-electron chi connectivity index (χ2n) is 7.99. The summed E-state index contributed by atoms with van der Waals surface area (Å²) in [4.78, 5) is 26.3. The van der Waals surface area contributed by atoms with E-state index in [2.05, 4.69) is 48.0 Å². The number of anilines is 1. The number of allylic oxidation sites excluding steroid dienone is 6. The van der Waals surface area contributed by atoms with Crippen LogP contribution in [0.5, 0.6) is 0 Å². The third-order valence-corrected chi connectivity index (χ3v) is 6.54. The molecule has 0 bridgehead atoms. The summed E-state index contributed by atoms with van der Waals surface area (Å²) in [5.74, 6) is 0.849. The summed E-state index contributed by atoms with van der Waals surface area (Å²) in [5, 5.41) is 0.981. The molecule has 1 aliphatic rings. The van der Waals surface area contributed by atoms with Crippen LogP contribution >= 0.6 is 11.3 Å². The molecule has 0 atom stereocenters. The SMILES string of the molecule is CCCCCc1nc2c(sc3nccc(N(C)C)c32)c(=O)n1C1=CC=C(C)C=CC1. The molecular formula is C24H28N4OS. The number of rotatable bonds is 6. The van der Waals surface area contributed by atoms with E-state index in [9.17, 15) is 4.79 Å². The van der Waals surface area contributed by atoms with Crippen LogP contribution in [0.3, 0.4) is 0 Å². The molecule has 3 aromatic heterocycles. The van der Waals surface area contributed by atoms with Crippen LogP contribution < -0.4 is 10.5 Å². The Morgan fingerprint density at radius 3 is 2.83 bits per heavy atom. The van der Waals surface area contributed by atoms with Gasteiger partial charge in [-0.25, -0.2) is 9.97 Å². The van der Waals surface area contributed by atoms with Crippen LogP contribution in [0.25, 0.3) is 26.1 Å². The molecule has 4 rings (SSSR count). The molecule has 0 N–H and O–H groups in total. The van der Waals surface area contributed by atoms with Gasteiger partial charge < -0.3 is 4.90 Å². The van der Waals surface area contributed by atoms with Gasteiger partial charge in [0.25, 0.3) is 5.56 Å². The Labute approximate surface area is 181 Å². The van der Waals surface area contributed by atoms with Crippen molar-refractivity contribution in [3.05, 3.63) is 58.3 Å². The number of nitrogens with zero attached hydrogens (tertiary/aromatic N) is 4. The van der Waals surface area contributed by atoms with Gasteiger partial charge in [-0.05, 0) is 25.5 Å². The van der Waals surface area contributed by atoms with Crippen molar-refractivity contribution in [3.8, 4) is 0 Å². The average molecular weight is 421 g/mol. The molecule has 0 unspecified atom stereocenters. The maximum atomic E-state index is 13.7. The van der Waals surface area contributed by atoms with Crippen molar-refractivity contribution in [3.63, 3.8) is 0 Å². The van der Waals surface area contributed by atoms with Crippen LogP contribution in [0, 0.1) is 0 Å². The summed E-state index contributed by atoms with van der Waals surface area (Å²) < 4.78 is 2.53. The monoisotopic (exact) mass is 420 g/mol. The average Bonchev–Trinajstić information content (AvgIpc) is 2.97. The minimum atomic E-state index is 0.0202. The molecular weight excluding hydrogens is 392 g/mol. The van der Waals surface area contributed by atoms with Crippen LogP contribution in [-0.4, -0.2) is 28.6 Å². The van der Waals surface area contributed by atoms with E-state index in [0.717, 1.165) is 58.6 Å². The molecule has 0 saturated heterocycles. The number of unbranched alkanes of at least 4 members (excludes halogenated alkanes) is 2. The lowest BCUT2D eigenvalue weighted by Gasteiger charge is -2.16. The summed E-state index contributed by atoms with van der Waals surface area (Å²) in [6.07, 6.45) is 14.9. The Hall–Kier alpha value is -2.73.